The number of phenolic OH excluding ortho intramolecular Hbond substituents is 1. The predicted octanol–water partition coefficient (Wildman–Crippen LogP) is 3.61. The Balaban J connectivity index is 0.00000300. The first-order valence-corrected chi connectivity index (χ1v) is 9.83. The molecule has 0 bridgehead atoms. The molecule has 3 rings (SSSR count). The number of piperazine rings is 1. The molecule has 1 fully saturated rings. The largest absolute Gasteiger partial charge is 0.506 e. The topological polar surface area (TPSA) is 60.3 Å². The van der Waals surface area contributed by atoms with Crippen molar-refractivity contribution in [2.45, 2.75) is 20.4 Å². The molecule has 2 N–H and O–H groups in total. The molecule has 29 heavy (non-hydrogen) atoms. The second-order valence-corrected chi connectivity index (χ2v) is 6.90. The number of hydrogen-bond acceptors (Lipinski definition) is 4. The lowest BCUT2D eigenvalue weighted by atomic mass is 10.1. The van der Waals surface area contributed by atoms with E-state index in [0.717, 1.165) is 55.7 Å². The molecule has 0 unspecified atom stereocenters. The molecule has 1 saturated heterocycles. The number of nitrogens with one attached hydrogen (secondary N) is 1. The number of phenols is 1. The molecule has 0 aliphatic carbocycles. The molecule has 0 aromatic heterocycles. The van der Waals surface area contributed by atoms with Gasteiger partial charge in [-0.3, -0.25) is 4.99 Å². The number of para-hydroxylation sites is 2. The number of ether oxygens (including phenoxy) is 1. The van der Waals surface area contributed by atoms with Gasteiger partial charge in [-0.25, -0.2) is 0 Å². The maximum absolute atomic E-state index is 10.1. The monoisotopic (exact) mass is 510 g/mol. The minimum Gasteiger partial charge on any atom is -0.506 e. The second kappa shape index (κ2) is 11.1. The van der Waals surface area contributed by atoms with E-state index in [2.05, 4.69) is 39.2 Å². The highest BCUT2D eigenvalue weighted by Gasteiger charge is 2.21. The fourth-order valence-electron chi connectivity index (χ4n) is 3.54. The van der Waals surface area contributed by atoms with Crippen molar-refractivity contribution in [3.8, 4) is 11.5 Å². The van der Waals surface area contributed by atoms with Crippen LogP contribution in [0.4, 0.5) is 5.69 Å². The molecule has 0 radical (unpaired) electrons. The van der Waals surface area contributed by atoms with Crippen molar-refractivity contribution < 1.29 is 9.84 Å². The van der Waals surface area contributed by atoms with Crippen LogP contribution in [0, 0.1) is 6.92 Å². The lowest BCUT2D eigenvalue weighted by Gasteiger charge is -2.37. The second-order valence-electron chi connectivity index (χ2n) is 6.90. The van der Waals surface area contributed by atoms with Crippen molar-refractivity contribution in [3.63, 3.8) is 0 Å². The Morgan fingerprint density at radius 2 is 1.86 bits per heavy atom. The van der Waals surface area contributed by atoms with Crippen molar-refractivity contribution in [1.82, 2.24) is 10.2 Å². The minimum atomic E-state index is 0. The number of aliphatic imine (C=N–C) groups is 1. The van der Waals surface area contributed by atoms with Crippen LogP contribution in [0.15, 0.2) is 47.5 Å². The van der Waals surface area contributed by atoms with Crippen molar-refractivity contribution in [2.75, 3.05) is 44.7 Å². The van der Waals surface area contributed by atoms with Gasteiger partial charge >= 0.3 is 0 Å². The molecule has 158 valence electrons. The molecule has 2 aromatic carbocycles. The molecule has 0 atom stereocenters. The number of guanidine groups is 1. The van der Waals surface area contributed by atoms with E-state index < -0.39 is 0 Å². The normalized spacial score (nSPS) is 14.4. The molecule has 1 aliphatic rings. The average molecular weight is 510 g/mol. The van der Waals surface area contributed by atoms with Gasteiger partial charge in [-0.05, 0) is 43.2 Å². The first kappa shape index (κ1) is 23.1. The number of nitrogens with zero attached hydrogens (tertiary/aromatic N) is 3. The number of aromatic hydroxyl groups is 1. The van der Waals surface area contributed by atoms with Crippen LogP contribution in [0.25, 0.3) is 0 Å². The summed E-state index contributed by atoms with van der Waals surface area (Å²) in [5.41, 5.74) is 3.25. The molecular formula is C22H31IN4O2. The average Bonchev–Trinajstić information content (AvgIpc) is 2.71. The van der Waals surface area contributed by atoms with E-state index in [1.807, 2.05) is 38.2 Å². The zero-order valence-electron chi connectivity index (χ0n) is 17.4. The third kappa shape index (κ3) is 5.91. The van der Waals surface area contributed by atoms with Gasteiger partial charge in [0.2, 0.25) is 0 Å². The third-order valence-electron chi connectivity index (χ3n) is 5.00. The minimum absolute atomic E-state index is 0. The van der Waals surface area contributed by atoms with Crippen molar-refractivity contribution >= 4 is 35.6 Å². The van der Waals surface area contributed by atoms with E-state index in [1.54, 1.807) is 6.07 Å². The van der Waals surface area contributed by atoms with Crippen molar-refractivity contribution in [3.05, 3.63) is 53.6 Å². The Morgan fingerprint density at radius 1 is 1.14 bits per heavy atom. The van der Waals surface area contributed by atoms with Gasteiger partial charge in [-0.15, -0.1) is 24.0 Å². The highest BCUT2D eigenvalue weighted by molar-refractivity contribution is 14.0. The maximum Gasteiger partial charge on any atom is 0.194 e. The standard InChI is InChI=1S/C22H30N4O2.HI/c1-4-28-21-10-9-18(15-17(21)2)16-24-22(23-3)26-13-11-25(12-14-26)19-7-5-6-8-20(19)27;/h5-10,15,27H,4,11-14,16H2,1-3H3,(H,23,24);1H. The summed E-state index contributed by atoms with van der Waals surface area (Å²) in [6.07, 6.45) is 0. The Bertz CT molecular complexity index is 820. The molecule has 1 aliphatic heterocycles. The molecule has 1 heterocycles. The summed E-state index contributed by atoms with van der Waals surface area (Å²) in [6.45, 7) is 8.88. The number of rotatable bonds is 5. The SMILES string of the molecule is CCOc1ccc(CNC(=NC)N2CCN(c3ccccc3O)CC2)cc1C.I. The van der Waals surface area contributed by atoms with Crippen LogP contribution < -0.4 is 15.0 Å². The predicted molar refractivity (Wildman–Crippen MR) is 130 cm³/mol. The number of anilines is 1. The Labute approximate surface area is 190 Å². The first-order valence-electron chi connectivity index (χ1n) is 9.83. The van der Waals surface area contributed by atoms with Gasteiger partial charge in [0.05, 0.1) is 12.3 Å². The summed E-state index contributed by atoms with van der Waals surface area (Å²) in [4.78, 5) is 8.93. The van der Waals surface area contributed by atoms with Crippen LogP contribution in [0.1, 0.15) is 18.1 Å². The number of hydrogen-bond donors (Lipinski definition) is 2. The van der Waals surface area contributed by atoms with Gasteiger partial charge in [-0.2, -0.15) is 0 Å². The van der Waals surface area contributed by atoms with E-state index in [9.17, 15) is 5.11 Å². The van der Waals surface area contributed by atoms with Crippen molar-refractivity contribution in [1.29, 1.82) is 0 Å². The van der Waals surface area contributed by atoms with E-state index in [0.29, 0.717) is 12.4 Å². The summed E-state index contributed by atoms with van der Waals surface area (Å²) in [7, 11) is 1.82. The van der Waals surface area contributed by atoms with Gasteiger partial charge in [0, 0.05) is 39.8 Å². The fourth-order valence-corrected chi connectivity index (χ4v) is 3.54. The van der Waals surface area contributed by atoms with Gasteiger partial charge in [0.1, 0.15) is 11.5 Å². The zero-order valence-corrected chi connectivity index (χ0v) is 19.7. The van der Waals surface area contributed by atoms with Gasteiger partial charge in [0.25, 0.3) is 0 Å². The Morgan fingerprint density at radius 3 is 2.48 bits per heavy atom. The van der Waals surface area contributed by atoms with Crippen molar-refractivity contribution in [2.24, 2.45) is 4.99 Å². The summed E-state index contributed by atoms with van der Waals surface area (Å²) in [5.74, 6) is 2.18. The van der Waals surface area contributed by atoms with Crippen LogP contribution in [-0.2, 0) is 6.54 Å². The fraction of sp³-hybridized carbons (Fsp3) is 0.409. The van der Waals surface area contributed by atoms with E-state index >= 15 is 0 Å². The summed E-state index contributed by atoms with van der Waals surface area (Å²) >= 11 is 0. The highest BCUT2D eigenvalue weighted by Crippen LogP contribution is 2.27. The maximum atomic E-state index is 10.1. The van der Waals surface area contributed by atoms with Crippen LogP contribution in [0.2, 0.25) is 0 Å². The molecule has 0 spiro atoms. The number of halogens is 1. The van der Waals surface area contributed by atoms with Gasteiger partial charge < -0.3 is 25.0 Å². The quantitative estimate of drug-likeness (QED) is 0.366. The number of aryl methyl sites for hydroxylation is 1. The molecule has 0 saturated carbocycles. The summed E-state index contributed by atoms with van der Waals surface area (Å²) in [6, 6.07) is 13.8. The highest BCUT2D eigenvalue weighted by atomic mass is 127. The zero-order chi connectivity index (χ0) is 19.9. The van der Waals surface area contributed by atoms with Gasteiger partial charge in [-0.1, -0.05) is 24.3 Å². The van der Waals surface area contributed by atoms with E-state index in [1.165, 1.54) is 5.56 Å². The van der Waals surface area contributed by atoms with E-state index in [-0.39, 0.29) is 24.0 Å². The van der Waals surface area contributed by atoms with Crippen LogP contribution in [0.3, 0.4) is 0 Å². The Kier molecular flexibility index (Phi) is 8.88. The lowest BCUT2D eigenvalue weighted by Crippen LogP contribution is -2.52. The molecular weight excluding hydrogens is 479 g/mol. The van der Waals surface area contributed by atoms with Crippen LogP contribution in [0.5, 0.6) is 11.5 Å². The third-order valence-corrected chi connectivity index (χ3v) is 5.00. The molecule has 0 amide bonds. The van der Waals surface area contributed by atoms with Gasteiger partial charge in [0.15, 0.2) is 5.96 Å². The first-order chi connectivity index (χ1) is 13.6. The smallest absolute Gasteiger partial charge is 0.194 e. The molecule has 6 nitrogen and oxygen atoms in total. The summed E-state index contributed by atoms with van der Waals surface area (Å²) in [5, 5.41) is 13.5. The molecule has 7 heteroatoms. The van der Waals surface area contributed by atoms with Crippen LogP contribution in [-0.4, -0.2) is 55.8 Å². The summed E-state index contributed by atoms with van der Waals surface area (Å²) < 4.78 is 5.61. The lowest BCUT2D eigenvalue weighted by molar-refractivity contribution is 0.337. The number of benzene rings is 2. The molecule has 2 aromatic rings. The Hall–Kier alpha value is -2.16. The van der Waals surface area contributed by atoms with Crippen LogP contribution >= 0.6 is 24.0 Å². The van der Waals surface area contributed by atoms with E-state index in [4.69, 9.17) is 4.74 Å².